The second kappa shape index (κ2) is 9.22. The number of hydrogen-bond acceptors (Lipinski definition) is 4. The second-order valence-corrected chi connectivity index (χ2v) is 6.83. The highest BCUT2D eigenvalue weighted by Gasteiger charge is 2.38. The third kappa shape index (κ3) is 5.47. The molecule has 26 heavy (non-hydrogen) atoms. The van der Waals surface area contributed by atoms with Gasteiger partial charge in [0.15, 0.2) is 0 Å². The van der Waals surface area contributed by atoms with Gasteiger partial charge in [0.25, 0.3) is 5.91 Å². The van der Waals surface area contributed by atoms with Crippen LogP contribution in [0.5, 0.6) is 5.75 Å². The molecule has 1 atom stereocenters. The van der Waals surface area contributed by atoms with Gasteiger partial charge in [0.1, 0.15) is 11.8 Å². The zero-order valence-electron chi connectivity index (χ0n) is 15.6. The van der Waals surface area contributed by atoms with Crippen LogP contribution in [0, 0.1) is 5.92 Å². The first-order chi connectivity index (χ1) is 12.4. The Labute approximate surface area is 154 Å². The van der Waals surface area contributed by atoms with Crippen molar-refractivity contribution in [2.24, 2.45) is 5.92 Å². The van der Waals surface area contributed by atoms with E-state index in [2.05, 4.69) is 24.5 Å². The summed E-state index contributed by atoms with van der Waals surface area (Å²) in [7, 11) is 1.60. The number of ether oxygens (including phenoxy) is 1. The third-order valence-electron chi connectivity index (χ3n) is 4.32. The SMILES string of the molecule is COc1ccc(CCN2C(=O)NC(CC(=O)NCCC(C)C)C2=O)cc1. The Balaban J connectivity index is 1.82. The highest BCUT2D eigenvalue weighted by molar-refractivity contribution is 6.05. The van der Waals surface area contributed by atoms with E-state index in [1.807, 2.05) is 24.3 Å². The molecule has 0 spiro atoms. The standard InChI is InChI=1S/C19H27N3O4/c1-13(2)8-10-20-17(23)12-16-18(24)22(19(25)21-16)11-9-14-4-6-15(26-3)7-5-14/h4-7,13,16H,8-12H2,1-3H3,(H,20,23)(H,21,25). The molecule has 1 fully saturated rings. The number of rotatable bonds is 9. The van der Waals surface area contributed by atoms with Crippen LogP contribution in [-0.4, -0.2) is 49.0 Å². The number of nitrogens with one attached hydrogen (secondary N) is 2. The largest absolute Gasteiger partial charge is 0.497 e. The van der Waals surface area contributed by atoms with Crippen LogP contribution in [-0.2, 0) is 16.0 Å². The molecular formula is C19H27N3O4. The Bertz CT molecular complexity index is 643. The highest BCUT2D eigenvalue weighted by atomic mass is 16.5. The predicted molar refractivity (Wildman–Crippen MR) is 97.8 cm³/mol. The van der Waals surface area contributed by atoms with Gasteiger partial charge in [-0.25, -0.2) is 4.79 Å². The number of urea groups is 1. The second-order valence-electron chi connectivity index (χ2n) is 6.83. The molecular weight excluding hydrogens is 334 g/mol. The monoisotopic (exact) mass is 361 g/mol. The molecule has 0 saturated carbocycles. The minimum Gasteiger partial charge on any atom is -0.497 e. The van der Waals surface area contributed by atoms with Gasteiger partial charge in [0.2, 0.25) is 5.91 Å². The molecule has 0 radical (unpaired) electrons. The smallest absolute Gasteiger partial charge is 0.324 e. The highest BCUT2D eigenvalue weighted by Crippen LogP contribution is 2.14. The van der Waals surface area contributed by atoms with E-state index in [0.29, 0.717) is 18.9 Å². The summed E-state index contributed by atoms with van der Waals surface area (Å²) in [5, 5.41) is 5.38. The molecule has 1 aliphatic heterocycles. The van der Waals surface area contributed by atoms with E-state index < -0.39 is 12.1 Å². The number of benzene rings is 1. The summed E-state index contributed by atoms with van der Waals surface area (Å²) < 4.78 is 5.11. The van der Waals surface area contributed by atoms with Gasteiger partial charge in [-0.05, 0) is 36.5 Å². The molecule has 4 amide bonds. The van der Waals surface area contributed by atoms with Gasteiger partial charge in [-0.3, -0.25) is 14.5 Å². The van der Waals surface area contributed by atoms with E-state index in [0.717, 1.165) is 17.7 Å². The van der Waals surface area contributed by atoms with Gasteiger partial charge in [-0.2, -0.15) is 0 Å². The minimum absolute atomic E-state index is 0.0261. The van der Waals surface area contributed by atoms with Crippen molar-refractivity contribution in [3.8, 4) is 5.75 Å². The summed E-state index contributed by atoms with van der Waals surface area (Å²) in [5.41, 5.74) is 1.00. The molecule has 1 saturated heterocycles. The molecule has 142 valence electrons. The number of methoxy groups -OCH3 is 1. The number of carbonyl (C=O) groups excluding carboxylic acids is 3. The maximum atomic E-state index is 12.4. The lowest BCUT2D eigenvalue weighted by Gasteiger charge is -2.13. The normalized spacial score (nSPS) is 16.8. The zero-order chi connectivity index (χ0) is 19.1. The van der Waals surface area contributed by atoms with Gasteiger partial charge < -0.3 is 15.4 Å². The Hall–Kier alpha value is -2.57. The van der Waals surface area contributed by atoms with Crippen LogP contribution in [0.15, 0.2) is 24.3 Å². The van der Waals surface area contributed by atoms with Gasteiger partial charge in [-0.15, -0.1) is 0 Å². The van der Waals surface area contributed by atoms with E-state index in [1.165, 1.54) is 4.90 Å². The van der Waals surface area contributed by atoms with Crippen LogP contribution in [0.2, 0.25) is 0 Å². The Kier molecular flexibility index (Phi) is 7.00. The first-order valence-corrected chi connectivity index (χ1v) is 8.92. The van der Waals surface area contributed by atoms with Crippen molar-refractivity contribution < 1.29 is 19.1 Å². The summed E-state index contributed by atoms with van der Waals surface area (Å²) in [6, 6.07) is 6.26. The molecule has 2 rings (SSSR count). The molecule has 1 aromatic rings. The van der Waals surface area contributed by atoms with Crippen LogP contribution in [0.3, 0.4) is 0 Å². The van der Waals surface area contributed by atoms with Gasteiger partial charge in [-0.1, -0.05) is 26.0 Å². The zero-order valence-corrected chi connectivity index (χ0v) is 15.6. The summed E-state index contributed by atoms with van der Waals surface area (Å²) >= 11 is 0. The average molecular weight is 361 g/mol. The number of imide groups is 1. The lowest BCUT2D eigenvalue weighted by Crippen LogP contribution is -2.37. The molecule has 2 N–H and O–H groups in total. The fourth-order valence-corrected chi connectivity index (χ4v) is 2.72. The summed E-state index contributed by atoms with van der Waals surface area (Å²) in [6.07, 6.45) is 1.41. The van der Waals surface area contributed by atoms with Gasteiger partial charge >= 0.3 is 6.03 Å². The Morgan fingerprint density at radius 2 is 1.96 bits per heavy atom. The number of hydrogen-bond donors (Lipinski definition) is 2. The van der Waals surface area contributed by atoms with Crippen LogP contribution in [0.1, 0.15) is 32.3 Å². The quantitative estimate of drug-likeness (QED) is 0.656. The van der Waals surface area contributed by atoms with Crippen molar-refractivity contribution in [3.05, 3.63) is 29.8 Å². The molecule has 1 unspecified atom stereocenters. The molecule has 0 aromatic heterocycles. The lowest BCUT2D eigenvalue weighted by atomic mass is 10.1. The topological polar surface area (TPSA) is 87.7 Å². The molecule has 1 aliphatic rings. The Morgan fingerprint density at radius 1 is 1.27 bits per heavy atom. The Morgan fingerprint density at radius 3 is 2.58 bits per heavy atom. The third-order valence-corrected chi connectivity index (χ3v) is 4.32. The van der Waals surface area contributed by atoms with E-state index in [9.17, 15) is 14.4 Å². The van der Waals surface area contributed by atoms with Crippen LogP contribution in [0.25, 0.3) is 0 Å². The fourth-order valence-electron chi connectivity index (χ4n) is 2.72. The summed E-state index contributed by atoms with van der Waals surface area (Å²) in [4.78, 5) is 37.6. The summed E-state index contributed by atoms with van der Waals surface area (Å²) in [5.74, 6) is 0.688. The fraction of sp³-hybridized carbons (Fsp3) is 0.526. The van der Waals surface area contributed by atoms with Crippen LogP contribution in [0.4, 0.5) is 4.79 Å². The molecule has 7 nitrogen and oxygen atoms in total. The number of amides is 4. The van der Waals surface area contributed by atoms with Crippen molar-refractivity contribution in [1.82, 2.24) is 15.5 Å². The predicted octanol–water partition coefficient (Wildman–Crippen LogP) is 1.71. The van der Waals surface area contributed by atoms with Crippen molar-refractivity contribution in [1.29, 1.82) is 0 Å². The molecule has 0 aliphatic carbocycles. The van der Waals surface area contributed by atoms with E-state index in [4.69, 9.17) is 4.74 Å². The minimum atomic E-state index is -0.780. The first-order valence-electron chi connectivity index (χ1n) is 8.92. The first kappa shape index (κ1) is 19.8. The van der Waals surface area contributed by atoms with E-state index >= 15 is 0 Å². The van der Waals surface area contributed by atoms with E-state index in [1.54, 1.807) is 7.11 Å². The van der Waals surface area contributed by atoms with Crippen molar-refractivity contribution in [2.75, 3.05) is 20.2 Å². The lowest BCUT2D eigenvalue weighted by molar-refractivity contribution is -0.130. The molecule has 1 heterocycles. The molecule has 1 aromatic carbocycles. The van der Waals surface area contributed by atoms with Crippen molar-refractivity contribution in [3.63, 3.8) is 0 Å². The van der Waals surface area contributed by atoms with Crippen LogP contribution >= 0.6 is 0 Å². The van der Waals surface area contributed by atoms with Gasteiger partial charge in [0.05, 0.1) is 13.5 Å². The molecule has 0 bridgehead atoms. The number of nitrogens with zero attached hydrogens (tertiary/aromatic N) is 1. The van der Waals surface area contributed by atoms with Crippen molar-refractivity contribution in [2.45, 2.75) is 39.2 Å². The maximum absolute atomic E-state index is 12.4. The van der Waals surface area contributed by atoms with E-state index in [-0.39, 0.29) is 24.8 Å². The maximum Gasteiger partial charge on any atom is 0.324 e. The number of carbonyl (C=O) groups is 3. The van der Waals surface area contributed by atoms with Gasteiger partial charge in [0, 0.05) is 13.1 Å². The summed E-state index contributed by atoms with van der Waals surface area (Å²) in [6.45, 7) is 5.01. The molecule has 7 heteroatoms. The average Bonchev–Trinajstić information content (AvgIpc) is 2.86. The van der Waals surface area contributed by atoms with Crippen LogP contribution < -0.4 is 15.4 Å². The van der Waals surface area contributed by atoms with Crippen molar-refractivity contribution >= 4 is 17.8 Å².